The monoisotopic (exact) mass is 495 g/mol. The number of aromatic nitrogens is 2. The van der Waals surface area contributed by atoms with Gasteiger partial charge in [-0.05, 0) is 84.5 Å². The molecular formula is C31H27F2N3O. The van der Waals surface area contributed by atoms with E-state index in [0.29, 0.717) is 23.1 Å². The molecule has 1 atom stereocenters. The average molecular weight is 496 g/mol. The van der Waals surface area contributed by atoms with Gasteiger partial charge in [0.15, 0.2) is 0 Å². The van der Waals surface area contributed by atoms with Gasteiger partial charge in [0.25, 0.3) is 0 Å². The highest BCUT2D eigenvalue weighted by atomic mass is 19.1. The van der Waals surface area contributed by atoms with Crippen molar-refractivity contribution in [2.24, 2.45) is 0 Å². The zero-order chi connectivity index (χ0) is 25.9. The van der Waals surface area contributed by atoms with Crippen molar-refractivity contribution in [2.45, 2.75) is 32.7 Å². The van der Waals surface area contributed by atoms with Crippen molar-refractivity contribution in [3.63, 3.8) is 0 Å². The third-order valence-electron chi connectivity index (χ3n) is 6.56. The minimum absolute atomic E-state index is 0.0642. The van der Waals surface area contributed by atoms with Crippen LogP contribution in [-0.4, -0.2) is 15.9 Å². The van der Waals surface area contributed by atoms with Crippen LogP contribution >= 0.6 is 0 Å². The van der Waals surface area contributed by atoms with Gasteiger partial charge in [0.05, 0.1) is 18.2 Å². The fraction of sp³-hybridized carbons (Fsp3) is 0.161. The number of hydrogen-bond donors (Lipinski definition) is 2. The van der Waals surface area contributed by atoms with Crippen LogP contribution in [0.3, 0.4) is 0 Å². The summed E-state index contributed by atoms with van der Waals surface area (Å²) in [6.07, 6.45) is 3.86. The number of fused-ring (bicyclic) bond motifs is 1. The number of nitrogens with zero attached hydrogens (tertiary/aromatic N) is 1. The minimum atomic E-state index is -0.508. The summed E-state index contributed by atoms with van der Waals surface area (Å²) >= 11 is 0. The van der Waals surface area contributed by atoms with Crippen LogP contribution in [0, 0.1) is 25.5 Å². The first-order valence-corrected chi connectivity index (χ1v) is 12.2. The first kappa shape index (κ1) is 24.4. The van der Waals surface area contributed by atoms with Crippen molar-refractivity contribution >= 4 is 16.8 Å². The molecule has 2 N–H and O–H groups in total. The first-order valence-electron chi connectivity index (χ1n) is 12.2. The number of pyridine rings is 1. The zero-order valence-electron chi connectivity index (χ0n) is 20.7. The molecule has 0 saturated heterocycles. The standard InChI is InChI=1S/C31H27F2N3O/c1-19-12-21(14-24(33)13-19)15-29(31-26(8-5-11-34-31)25-7-4-3-6-20(25)2)36-30(37)16-22-18-35-28-10-9-23(32)17-27(22)28/h3-14,17-18,29,35H,15-16H2,1-2H3,(H,36,37)/t29-/m0/s1. The maximum Gasteiger partial charge on any atom is 0.225 e. The summed E-state index contributed by atoms with van der Waals surface area (Å²) in [4.78, 5) is 21.1. The van der Waals surface area contributed by atoms with Crippen molar-refractivity contribution in [3.05, 3.63) is 125 Å². The average Bonchev–Trinajstić information content (AvgIpc) is 3.25. The summed E-state index contributed by atoms with van der Waals surface area (Å²) in [5.74, 6) is -0.907. The van der Waals surface area contributed by atoms with Crippen LogP contribution < -0.4 is 5.32 Å². The van der Waals surface area contributed by atoms with Gasteiger partial charge < -0.3 is 10.3 Å². The topological polar surface area (TPSA) is 57.8 Å². The van der Waals surface area contributed by atoms with Gasteiger partial charge in [-0.1, -0.05) is 36.4 Å². The fourth-order valence-corrected chi connectivity index (χ4v) is 4.89. The van der Waals surface area contributed by atoms with Crippen LogP contribution in [-0.2, 0) is 17.6 Å². The Hall–Kier alpha value is -4.32. The van der Waals surface area contributed by atoms with Crippen LogP contribution in [0.2, 0.25) is 0 Å². The third kappa shape index (κ3) is 5.43. The summed E-state index contributed by atoms with van der Waals surface area (Å²) in [6, 6.07) is 20.7. The number of benzene rings is 3. The number of aryl methyl sites for hydroxylation is 2. The van der Waals surface area contributed by atoms with Crippen molar-refractivity contribution in [3.8, 4) is 11.1 Å². The number of amides is 1. The molecule has 3 aromatic carbocycles. The lowest BCUT2D eigenvalue weighted by Gasteiger charge is -2.22. The van der Waals surface area contributed by atoms with E-state index in [4.69, 9.17) is 0 Å². The largest absolute Gasteiger partial charge is 0.361 e. The second-order valence-electron chi connectivity index (χ2n) is 9.39. The van der Waals surface area contributed by atoms with E-state index < -0.39 is 6.04 Å². The summed E-state index contributed by atoms with van der Waals surface area (Å²) in [7, 11) is 0. The summed E-state index contributed by atoms with van der Waals surface area (Å²) in [5.41, 5.74) is 6.76. The molecule has 2 aromatic heterocycles. The molecule has 0 unspecified atom stereocenters. The molecule has 0 saturated carbocycles. The lowest BCUT2D eigenvalue weighted by Crippen LogP contribution is -2.32. The fourth-order valence-electron chi connectivity index (χ4n) is 4.89. The number of nitrogens with one attached hydrogen (secondary N) is 2. The van der Waals surface area contributed by atoms with E-state index in [0.717, 1.165) is 33.3 Å². The molecule has 0 aliphatic rings. The van der Waals surface area contributed by atoms with Gasteiger partial charge in [-0.25, -0.2) is 8.78 Å². The predicted octanol–water partition coefficient (Wildman–Crippen LogP) is 6.77. The molecule has 1 amide bonds. The molecule has 5 aromatic rings. The van der Waals surface area contributed by atoms with Crippen LogP contribution in [0.1, 0.15) is 34.0 Å². The summed E-state index contributed by atoms with van der Waals surface area (Å²) < 4.78 is 28.1. The van der Waals surface area contributed by atoms with E-state index in [-0.39, 0.29) is 24.0 Å². The Kier molecular flexibility index (Phi) is 6.82. The Bertz CT molecular complexity index is 1570. The van der Waals surface area contributed by atoms with Gasteiger partial charge in [-0.3, -0.25) is 9.78 Å². The maximum absolute atomic E-state index is 14.2. The third-order valence-corrected chi connectivity index (χ3v) is 6.56. The number of carbonyl (C=O) groups is 1. The van der Waals surface area contributed by atoms with Crippen molar-refractivity contribution < 1.29 is 13.6 Å². The SMILES string of the molecule is Cc1cc(F)cc(C[C@H](NC(=O)Cc2c[nH]c3ccc(F)cc23)c2ncccc2-c2ccccc2C)c1. The molecule has 4 nitrogen and oxygen atoms in total. The molecule has 5 rings (SSSR count). The molecule has 0 fully saturated rings. The van der Waals surface area contributed by atoms with Crippen LogP contribution in [0.25, 0.3) is 22.0 Å². The highest BCUT2D eigenvalue weighted by Crippen LogP contribution is 2.31. The number of halogens is 2. The number of carbonyl (C=O) groups excluding carboxylic acids is 1. The molecule has 0 spiro atoms. The Morgan fingerprint density at radius 1 is 0.946 bits per heavy atom. The molecule has 0 aliphatic carbocycles. The summed E-state index contributed by atoms with van der Waals surface area (Å²) in [5, 5.41) is 3.81. The molecule has 6 heteroatoms. The Labute approximate surface area is 214 Å². The lowest BCUT2D eigenvalue weighted by molar-refractivity contribution is -0.121. The molecular weight excluding hydrogens is 468 g/mol. The predicted molar refractivity (Wildman–Crippen MR) is 142 cm³/mol. The highest BCUT2D eigenvalue weighted by Gasteiger charge is 2.22. The van der Waals surface area contributed by atoms with Crippen molar-refractivity contribution in [1.29, 1.82) is 0 Å². The Morgan fingerprint density at radius 3 is 2.57 bits per heavy atom. The van der Waals surface area contributed by atoms with Crippen molar-refractivity contribution in [2.75, 3.05) is 0 Å². The smallest absolute Gasteiger partial charge is 0.225 e. The minimum Gasteiger partial charge on any atom is -0.361 e. The first-order chi connectivity index (χ1) is 17.9. The van der Waals surface area contributed by atoms with Gasteiger partial charge in [0, 0.05) is 28.9 Å². The van der Waals surface area contributed by atoms with Crippen LogP contribution in [0.15, 0.2) is 85.2 Å². The second kappa shape index (κ2) is 10.3. The van der Waals surface area contributed by atoms with Crippen molar-refractivity contribution in [1.82, 2.24) is 15.3 Å². The van der Waals surface area contributed by atoms with Gasteiger partial charge in [0.2, 0.25) is 5.91 Å². The highest BCUT2D eigenvalue weighted by molar-refractivity contribution is 5.89. The number of rotatable bonds is 7. The van der Waals surface area contributed by atoms with Gasteiger partial charge >= 0.3 is 0 Å². The van der Waals surface area contributed by atoms with E-state index in [1.165, 1.54) is 24.3 Å². The molecule has 2 heterocycles. The molecule has 186 valence electrons. The number of H-pyrrole nitrogens is 1. The number of aromatic amines is 1. The Morgan fingerprint density at radius 2 is 1.76 bits per heavy atom. The number of hydrogen-bond acceptors (Lipinski definition) is 2. The van der Waals surface area contributed by atoms with E-state index >= 15 is 0 Å². The van der Waals surface area contributed by atoms with Gasteiger partial charge in [-0.2, -0.15) is 0 Å². The van der Waals surface area contributed by atoms with E-state index in [1.54, 1.807) is 18.5 Å². The molecule has 37 heavy (non-hydrogen) atoms. The normalized spacial score (nSPS) is 12.0. The molecule has 0 radical (unpaired) electrons. The second-order valence-corrected chi connectivity index (χ2v) is 9.39. The van der Waals surface area contributed by atoms with Crippen LogP contribution in [0.4, 0.5) is 8.78 Å². The van der Waals surface area contributed by atoms with E-state index in [9.17, 15) is 13.6 Å². The van der Waals surface area contributed by atoms with Gasteiger partial charge in [-0.15, -0.1) is 0 Å². The zero-order valence-corrected chi connectivity index (χ0v) is 20.7. The van der Waals surface area contributed by atoms with E-state index in [2.05, 4.69) is 15.3 Å². The van der Waals surface area contributed by atoms with Gasteiger partial charge in [0.1, 0.15) is 11.6 Å². The summed E-state index contributed by atoms with van der Waals surface area (Å²) in [6.45, 7) is 3.88. The lowest BCUT2D eigenvalue weighted by atomic mass is 9.93. The maximum atomic E-state index is 14.2. The Balaban J connectivity index is 1.51. The molecule has 0 aliphatic heterocycles. The quantitative estimate of drug-likeness (QED) is 0.262. The molecule has 0 bridgehead atoms. The van der Waals surface area contributed by atoms with Crippen LogP contribution in [0.5, 0.6) is 0 Å². The van der Waals surface area contributed by atoms with E-state index in [1.807, 2.05) is 56.3 Å².